The van der Waals surface area contributed by atoms with Gasteiger partial charge in [-0.25, -0.2) is 0 Å². The number of methoxy groups -OCH3 is 1. The first-order chi connectivity index (χ1) is 11.1. The van der Waals surface area contributed by atoms with Crippen LogP contribution in [0.2, 0.25) is 0 Å². The Morgan fingerprint density at radius 2 is 2.08 bits per heavy atom. The molecular weight excluding hydrogens is 328 g/mol. The third kappa shape index (κ3) is 6.21. The number of benzene rings is 1. The zero-order valence-corrected chi connectivity index (χ0v) is 15.4. The first-order valence-electron chi connectivity index (χ1n) is 8.45. The molecule has 1 aliphatic rings. The van der Waals surface area contributed by atoms with E-state index in [4.69, 9.17) is 15.2 Å². The summed E-state index contributed by atoms with van der Waals surface area (Å²) < 4.78 is 11.6. The summed E-state index contributed by atoms with van der Waals surface area (Å²) in [4.78, 5) is 11.9. The highest BCUT2D eigenvalue weighted by molar-refractivity contribution is 5.85. The van der Waals surface area contributed by atoms with E-state index in [1.807, 2.05) is 25.1 Å². The molecule has 1 fully saturated rings. The highest BCUT2D eigenvalue weighted by Gasteiger charge is 2.20. The highest BCUT2D eigenvalue weighted by atomic mass is 35.5. The number of amides is 1. The molecule has 136 valence electrons. The lowest BCUT2D eigenvalue weighted by atomic mass is 10.1. The van der Waals surface area contributed by atoms with Gasteiger partial charge in [0.25, 0.3) is 0 Å². The van der Waals surface area contributed by atoms with Crippen molar-refractivity contribution in [3.63, 3.8) is 0 Å². The number of para-hydroxylation sites is 1. The van der Waals surface area contributed by atoms with E-state index in [0.717, 1.165) is 29.9 Å². The molecule has 1 unspecified atom stereocenters. The Morgan fingerprint density at radius 3 is 2.71 bits per heavy atom. The normalized spacial score (nSPS) is 15.5. The van der Waals surface area contributed by atoms with Crippen molar-refractivity contribution in [2.45, 2.75) is 64.1 Å². The van der Waals surface area contributed by atoms with Gasteiger partial charge in [-0.1, -0.05) is 12.1 Å². The molecule has 0 aromatic heterocycles. The number of nitrogens with one attached hydrogen (secondary N) is 1. The van der Waals surface area contributed by atoms with Crippen molar-refractivity contribution in [1.82, 2.24) is 5.32 Å². The molecule has 6 heteroatoms. The maximum Gasteiger partial charge on any atom is 0.220 e. The largest absolute Gasteiger partial charge is 0.493 e. The van der Waals surface area contributed by atoms with E-state index in [1.165, 1.54) is 12.8 Å². The summed E-state index contributed by atoms with van der Waals surface area (Å²) in [7, 11) is 1.64. The van der Waals surface area contributed by atoms with Crippen molar-refractivity contribution in [2.24, 2.45) is 5.73 Å². The van der Waals surface area contributed by atoms with Gasteiger partial charge in [-0.05, 0) is 45.1 Å². The van der Waals surface area contributed by atoms with Crippen LogP contribution in [-0.2, 0) is 11.3 Å². The standard InChI is InChI=1S/C18H28N2O3.ClH/c1-13(19)10-11-17(21)20-12-14-6-5-9-16(22-2)18(14)23-15-7-3-4-8-15;/h5-6,9,13,15H,3-4,7-8,10-12,19H2,1-2H3,(H,20,21);1H. The van der Waals surface area contributed by atoms with Crippen molar-refractivity contribution in [3.8, 4) is 11.5 Å². The molecule has 1 aromatic carbocycles. The number of nitrogens with two attached hydrogens (primary N) is 1. The molecule has 0 aliphatic heterocycles. The van der Waals surface area contributed by atoms with E-state index in [-0.39, 0.29) is 30.5 Å². The maximum atomic E-state index is 11.9. The first kappa shape index (κ1) is 20.6. The van der Waals surface area contributed by atoms with Gasteiger partial charge in [-0.3, -0.25) is 4.79 Å². The van der Waals surface area contributed by atoms with Crippen LogP contribution in [0.25, 0.3) is 0 Å². The predicted octanol–water partition coefficient (Wildman–Crippen LogP) is 3.18. The summed E-state index contributed by atoms with van der Waals surface area (Å²) in [5.74, 6) is 1.49. The van der Waals surface area contributed by atoms with Gasteiger partial charge in [-0.15, -0.1) is 12.4 Å². The zero-order chi connectivity index (χ0) is 16.7. The van der Waals surface area contributed by atoms with Gasteiger partial charge in [0.15, 0.2) is 11.5 Å². The molecule has 0 bridgehead atoms. The summed E-state index contributed by atoms with van der Waals surface area (Å²) in [6.07, 6.45) is 5.97. The maximum absolute atomic E-state index is 11.9. The van der Waals surface area contributed by atoms with Crippen molar-refractivity contribution in [1.29, 1.82) is 0 Å². The molecule has 1 atom stereocenters. The minimum Gasteiger partial charge on any atom is -0.493 e. The van der Waals surface area contributed by atoms with Crippen LogP contribution in [-0.4, -0.2) is 25.2 Å². The van der Waals surface area contributed by atoms with E-state index in [2.05, 4.69) is 5.32 Å². The summed E-state index contributed by atoms with van der Waals surface area (Å²) >= 11 is 0. The monoisotopic (exact) mass is 356 g/mol. The minimum absolute atomic E-state index is 0. The lowest BCUT2D eigenvalue weighted by molar-refractivity contribution is -0.121. The molecule has 5 nitrogen and oxygen atoms in total. The number of halogens is 1. The second-order valence-electron chi connectivity index (χ2n) is 6.27. The highest BCUT2D eigenvalue weighted by Crippen LogP contribution is 2.34. The summed E-state index contributed by atoms with van der Waals surface area (Å²) in [5.41, 5.74) is 6.63. The van der Waals surface area contributed by atoms with Crippen LogP contribution in [0, 0.1) is 0 Å². The molecule has 0 spiro atoms. The van der Waals surface area contributed by atoms with Gasteiger partial charge in [0.1, 0.15) is 0 Å². The van der Waals surface area contributed by atoms with Crippen molar-refractivity contribution < 1.29 is 14.3 Å². The van der Waals surface area contributed by atoms with Crippen LogP contribution in [0.5, 0.6) is 11.5 Å². The lowest BCUT2D eigenvalue weighted by Crippen LogP contribution is -2.26. The molecular formula is C18H29ClN2O3. The van der Waals surface area contributed by atoms with Gasteiger partial charge in [0, 0.05) is 24.6 Å². The van der Waals surface area contributed by atoms with E-state index in [9.17, 15) is 4.79 Å². The smallest absolute Gasteiger partial charge is 0.220 e. The Bertz CT molecular complexity index is 517. The number of ether oxygens (including phenoxy) is 2. The Labute approximate surface area is 150 Å². The topological polar surface area (TPSA) is 73.6 Å². The zero-order valence-electron chi connectivity index (χ0n) is 14.5. The fourth-order valence-corrected chi connectivity index (χ4v) is 2.81. The van der Waals surface area contributed by atoms with Crippen molar-refractivity contribution >= 4 is 18.3 Å². The molecule has 3 N–H and O–H groups in total. The van der Waals surface area contributed by atoms with Crippen LogP contribution >= 0.6 is 12.4 Å². The summed E-state index contributed by atoms with van der Waals surface area (Å²) in [5, 5.41) is 2.94. The van der Waals surface area contributed by atoms with E-state index in [0.29, 0.717) is 19.4 Å². The van der Waals surface area contributed by atoms with E-state index in [1.54, 1.807) is 7.11 Å². The van der Waals surface area contributed by atoms with Gasteiger partial charge >= 0.3 is 0 Å². The number of hydrogen-bond acceptors (Lipinski definition) is 4. The second kappa shape index (κ2) is 10.4. The molecule has 24 heavy (non-hydrogen) atoms. The Hall–Kier alpha value is -1.46. The third-order valence-corrected chi connectivity index (χ3v) is 4.17. The van der Waals surface area contributed by atoms with Gasteiger partial charge in [0.05, 0.1) is 13.2 Å². The van der Waals surface area contributed by atoms with Gasteiger partial charge in [-0.2, -0.15) is 0 Å². The molecule has 2 rings (SSSR count). The fourth-order valence-electron chi connectivity index (χ4n) is 2.81. The molecule has 0 radical (unpaired) electrons. The second-order valence-corrected chi connectivity index (χ2v) is 6.27. The summed E-state index contributed by atoms with van der Waals surface area (Å²) in [6.45, 7) is 2.35. The van der Waals surface area contributed by atoms with Crippen LogP contribution in [0.1, 0.15) is 51.0 Å². The lowest BCUT2D eigenvalue weighted by Gasteiger charge is -2.19. The molecule has 1 saturated carbocycles. The molecule has 1 amide bonds. The predicted molar refractivity (Wildman–Crippen MR) is 97.9 cm³/mol. The first-order valence-corrected chi connectivity index (χ1v) is 8.45. The van der Waals surface area contributed by atoms with Crippen molar-refractivity contribution in [3.05, 3.63) is 23.8 Å². The quantitative estimate of drug-likeness (QED) is 0.750. The molecule has 0 saturated heterocycles. The average Bonchev–Trinajstić information content (AvgIpc) is 3.04. The van der Waals surface area contributed by atoms with Crippen molar-refractivity contribution in [2.75, 3.05) is 7.11 Å². The number of hydrogen-bond donors (Lipinski definition) is 2. The summed E-state index contributed by atoms with van der Waals surface area (Å²) in [6, 6.07) is 5.83. The Morgan fingerprint density at radius 1 is 1.38 bits per heavy atom. The van der Waals surface area contributed by atoms with Crippen LogP contribution in [0.15, 0.2) is 18.2 Å². The SMILES string of the molecule is COc1cccc(CNC(=O)CCC(C)N)c1OC1CCCC1.Cl. The van der Waals surface area contributed by atoms with E-state index < -0.39 is 0 Å². The average molecular weight is 357 g/mol. The van der Waals surface area contributed by atoms with Crippen LogP contribution in [0.4, 0.5) is 0 Å². The molecule has 1 aromatic rings. The Balaban J connectivity index is 0.00000288. The third-order valence-electron chi connectivity index (χ3n) is 4.17. The number of carbonyl (C=O) groups is 1. The molecule has 0 heterocycles. The number of carbonyl (C=O) groups excluding carboxylic acids is 1. The minimum atomic E-state index is 0. The number of rotatable bonds is 8. The van der Waals surface area contributed by atoms with Gasteiger partial charge < -0.3 is 20.5 Å². The van der Waals surface area contributed by atoms with E-state index >= 15 is 0 Å². The Kier molecular flexibility index (Phi) is 8.93. The van der Waals surface area contributed by atoms with Crippen LogP contribution in [0.3, 0.4) is 0 Å². The molecule has 1 aliphatic carbocycles. The fraction of sp³-hybridized carbons (Fsp3) is 0.611. The van der Waals surface area contributed by atoms with Crippen LogP contribution < -0.4 is 20.5 Å². The van der Waals surface area contributed by atoms with Gasteiger partial charge in [0.2, 0.25) is 5.91 Å².